The molecule has 1 fully saturated rings. The Hall–Kier alpha value is -0.720. The second kappa shape index (κ2) is 7.26. The summed E-state index contributed by atoms with van der Waals surface area (Å²) in [5, 5.41) is 3.64. The molecule has 1 aliphatic rings. The minimum Gasteiger partial charge on any atom is -0.380 e. The molecule has 2 aromatic heterocycles. The molecule has 130 valence electrons. The van der Waals surface area contributed by atoms with Crippen LogP contribution in [0, 0.1) is 0 Å². The molecule has 7 heteroatoms. The number of hydrogen-bond donors (Lipinski definition) is 1. The number of alkyl halides is 2. The van der Waals surface area contributed by atoms with Crippen molar-refractivity contribution in [1.82, 2.24) is 4.98 Å². The summed E-state index contributed by atoms with van der Waals surface area (Å²) >= 11 is 11.0. The first-order chi connectivity index (χ1) is 11.4. The molecule has 1 unspecified atom stereocenters. The average Bonchev–Trinajstić information content (AvgIpc) is 2.84. The second-order valence-corrected chi connectivity index (χ2v) is 8.19. The van der Waals surface area contributed by atoms with Crippen molar-refractivity contribution < 1.29 is 8.78 Å². The SMILES string of the molecule is C/C=C/CNc1cc(Cl)nc2c(Br)c(C3CCCCC3(F)F)sc12. The fourth-order valence-electron chi connectivity index (χ4n) is 3.09. The van der Waals surface area contributed by atoms with Gasteiger partial charge in [0.25, 0.3) is 5.92 Å². The van der Waals surface area contributed by atoms with Gasteiger partial charge in [-0.1, -0.05) is 30.2 Å². The van der Waals surface area contributed by atoms with Crippen molar-refractivity contribution in [2.24, 2.45) is 0 Å². The van der Waals surface area contributed by atoms with Gasteiger partial charge in [-0.25, -0.2) is 13.8 Å². The molecular formula is C17H18BrClF2N2S. The Labute approximate surface area is 157 Å². The van der Waals surface area contributed by atoms with Crippen LogP contribution in [0.15, 0.2) is 22.7 Å². The molecule has 24 heavy (non-hydrogen) atoms. The van der Waals surface area contributed by atoms with Gasteiger partial charge in [0, 0.05) is 23.9 Å². The number of thiophene rings is 1. The van der Waals surface area contributed by atoms with Crippen molar-refractivity contribution in [3.05, 3.63) is 32.7 Å². The molecule has 0 amide bonds. The van der Waals surface area contributed by atoms with E-state index in [1.807, 2.05) is 19.1 Å². The molecule has 3 rings (SSSR count). The Balaban J connectivity index is 2.07. The summed E-state index contributed by atoms with van der Waals surface area (Å²) in [6.07, 6.45) is 5.82. The summed E-state index contributed by atoms with van der Waals surface area (Å²) in [4.78, 5) is 5.03. The minimum absolute atomic E-state index is 0.0427. The maximum atomic E-state index is 14.4. The van der Waals surface area contributed by atoms with Crippen LogP contribution in [0.3, 0.4) is 0 Å². The van der Waals surface area contributed by atoms with E-state index in [9.17, 15) is 8.78 Å². The normalized spacial score (nSPS) is 20.8. The van der Waals surface area contributed by atoms with Crippen molar-refractivity contribution in [2.45, 2.75) is 44.4 Å². The highest BCUT2D eigenvalue weighted by atomic mass is 79.9. The number of halogens is 4. The maximum Gasteiger partial charge on any atom is 0.255 e. The molecule has 0 aromatic carbocycles. The van der Waals surface area contributed by atoms with E-state index in [1.165, 1.54) is 11.3 Å². The number of aromatic nitrogens is 1. The molecule has 0 saturated heterocycles. The lowest BCUT2D eigenvalue weighted by atomic mass is 9.84. The molecule has 2 aromatic rings. The number of anilines is 1. The zero-order valence-corrected chi connectivity index (χ0v) is 16.4. The van der Waals surface area contributed by atoms with Crippen molar-refractivity contribution in [3.63, 3.8) is 0 Å². The van der Waals surface area contributed by atoms with E-state index in [-0.39, 0.29) is 6.42 Å². The van der Waals surface area contributed by atoms with Gasteiger partial charge in [0.1, 0.15) is 5.15 Å². The van der Waals surface area contributed by atoms with Crippen LogP contribution in [-0.4, -0.2) is 17.5 Å². The van der Waals surface area contributed by atoms with Gasteiger partial charge in [0.2, 0.25) is 0 Å². The zero-order valence-electron chi connectivity index (χ0n) is 13.2. The zero-order chi connectivity index (χ0) is 17.3. The summed E-state index contributed by atoms with van der Waals surface area (Å²) < 4.78 is 30.3. The maximum absolute atomic E-state index is 14.4. The second-order valence-electron chi connectivity index (χ2n) is 5.96. The molecular weight excluding hydrogens is 418 g/mol. The number of nitrogens with zero attached hydrogens (tertiary/aromatic N) is 1. The average molecular weight is 436 g/mol. The fourth-order valence-corrected chi connectivity index (χ4v) is 5.54. The predicted molar refractivity (Wildman–Crippen MR) is 102 cm³/mol. The summed E-state index contributed by atoms with van der Waals surface area (Å²) in [7, 11) is 0. The Bertz CT molecular complexity index is 776. The first-order valence-corrected chi connectivity index (χ1v) is 9.94. The Morgan fingerprint density at radius 2 is 2.29 bits per heavy atom. The van der Waals surface area contributed by atoms with E-state index < -0.39 is 11.8 Å². The van der Waals surface area contributed by atoms with Crippen LogP contribution >= 0.6 is 38.9 Å². The van der Waals surface area contributed by atoms with Gasteiger partial charge in [0.15, 0.2) is 0 Å². The van der Waals surface area contributed by atoms with Crippen LogP contribution in [0.5, 0.6) is 0 Å². The number of allylic oxidation sites excluding steroid dienone is 1. The van der Waals surface area contributed by atoms with Crippen LogP contribution in [0.1, 0.15) is 43.4 Å². The summed E-state index contributed by atoms with van der Waals surface area (Å²) in [5.74, 6) is -3.41. The molecule has 1 atom stereocenters. The van der Waals surface area contributed by atoms with Crippen molar-refractivity contribution in [2.75, 3.05) is 11.9 Å². The molecule has 0 aliphatic heterocycles. The van der Waals surface area contributed by atoms with Crippen molar-refractivity contribution >= 4 is 54.8 Å². The molecule has 0 spiro atoms. The largest absolute Gasteiger partial charge is 0.380 e. The van der Waals surface area contributed by atoms with Crippen LogP contribution in [0.4, 0.5) is 14.5 Å². The number of pyridine rings is 1. The van der Waals surface area contributed by atoms with Gasteiger partial charge in [0.05, 0.1) is 26.3 Å². The number of hydrogen-bond acceptors (Lipinski definition) is 3. The molecule has 1 N–H and O–H groups in total. The topological polar surface area (TPSA) is 24.9 Å². The van der Waals surface area contributed by atoms with Gasteiger partial charge in [-0.05, 0) is 35.7 Å². The quantitative estimate of drug-likeness (QED) is 0.413. The lowest BCUT2D eigenvalue weighted by Crippen LogP contribution is -2.29. The summed E-state index contributed by atoms with van der Waals surface area (Å²) in [6.45, 7) is 2.60. The Kier molecular flexibility index (Phi) is 5.47. The van der Waals surface area contributed by atoms with E-state index in [4.69, 9.17) is 11.6 Å². The first kappa shape index (κ1) is 18.1. The number of rotatable bonds is 4. The third-order valence-corrected chi connectivity index (χ3v) is 6.89. The molecule has 1 aliphatic carbocycles. The molecule has 2 heterocycles. The van der Waals surface area contributed by atoms with E-state index >= 15 is 0 Å². The van der Waals surface area contributed by atoms with Gasteiger partial charge in [-0.15, -0.1) is 11.3 Å². The third-order valence-electron chi connectivity index (χ3n) is 4.30. The highest BCUT2D eigenvalue weighted by Crippen LogP contribution is 2.51. The van der Waals surface area contributed by atoms with Gasteiger partial charge in [-0.2, -0.15) is 0 Å². The highest BCUT2D eigenvalue weighted by Gasteiger charge is 2.44. The minimum atomic E-state index is -2.66. The van der Waals surface area contributed by atoms with Crippen LogP contribution in [0.25, 0.3) is 10.2 Å². The van der Waals surface area contributed by atoms with Gasteiger partial charge in [-0.3, -0.25) is 0 Å². The highest BCUT2D eigenvalue weighted by molar-refractivity contribution is 9.10. The molecule has 1 saturated carbocycles. The van der Waals surface area contributed by atoms with Crippen LogP contribution in [-0.2, 0) is 0 Å². The van der Waals surface area contributed by atoms with Crippen LogP contribution in [0.2, 0.25) is 5.15 Å². The smallest absolute Gasteiger partial charge is 0.255 e. The lowest BCUT2D eigenvalue weighted by Gasteiger charge is -2.30. The standard InChI is InChI=1S/C17H18BrClF2N2S/c1-2-3-8-22-11-9-12(19)23-14-13(18)15(24-16(11)14)10-6-4-5-7-17(10,20)21/h2-3,9-10H,4-8H2,1H3,(H,22,23)/b3-2+. The molecule has 0 bridgehead atoms. The summed E-state index contributed by atoms with van der Waals surface area (Å²) in [6, 6.07) is 1.75. The van der Waals surface area contributed by atoms with E-state index in [1.54, 1.807) is 6.07 Å². The Morgan fingerprint density at radius 1 is 1.50 bits per heavy atom. The first-order valence-electron chi connectivity index (χ1n) is 7.95. The summed E-state index contributed by atoms with van der Waals surface area (Å²) in [5.41, 5.74) is 1.49. The number of nitrogens with one attached hydrogen (secondary N) is 1. The Morgan fingerprint density at radius 3 is 3.00 bits per heavy atom. The monoisotopic (exact) mass is 434 g/mol. The van der Waals surface area contributed by atoms with E-state index in [0.29, 0.717) is 39.4 Å². The lowest BCUT2D eigenvalue weighted by molar-refractivity contribution is -0.0538. The predicted octanol–water partition coefficient (Wildman–Crippen LogP) is 6.99. The van der Waals surface area contributed by atoms with E-state index in [2.05, 4.69) is 26.2 Å². The van der Waals surface area contributed by atoms with Gasteiger partial charge >= 0.3 is 0 Å². The fraction of sp³-hybridized carbons (Fsp3) is 0.471. The molecule has 0 radical (unpaired) electrons. The van der Waals surface area contributed by atoms with Crippen LogP contribution < -0.4 is 5.32 Å². The van der Waals surface area contributed by atoms with E-state index in [0.717, 1.165) is 16.8 Å². The number of fused-ring (bicyclic) bond motifs is 1. The van der Waals surface area contributed by atoms with Gasteiger partial charge < -0.3 is 5.32 Å². The molecule has 2 nitrogen and oxygen atoms in total. The third kappa shape index (κ3) is 3.46. The van der Waals surface area contributed by atoms with Crippen molar-refractivity contribution in [1.29, 1.82) is 0 Å². The van der Waals surface area contributed by atoms with Crippen molar-refractivity contribution in [3.8, 4) is 0 Å².